The van der Waals surface area contributed by atoms with Crippen LogP contribution in [0.5, 0.6) is 0 Å². The minimum absolute atomic E-state index is 0.0490. The molecule has 0 saturated heterocycles. The van der Waals surface area contributed by atoms with Gasteiger partial charge >= 0.3 is 5.97 Å². The van der Waals surface area contributed by atoms with E-state index in [0.717, 1.165) is 40.9 Å². The lowest BCUT2D eigenvalue weighted by Gasteiger charge is -2.37. The second-order valence-electron chi connectivity index (χ2n) is 11.9. The molecule has 44 heavy (non-hydrogen) atoms. The number of sulfonamides is 1. The number of benzene rings is 2. The van der Waals surface area contributed by atoms with Crippen LogP contribution in [0.2, 0.25) is 0 Å². The molecule has 11 heteroatoms. The Morgan fingerprint density at radius 2 is 1.95 bits per heavy atom. The number of thiazole rings is 1. The third-order valence-corrected chi connectivity index (χ3v) is 10.4. The minimum atomic E-state index is -4.22. The first-order valence-electron chi connectivity index (χ1n) is 14.5. The maximum Gasteiger partial charge on any atom is 0.355 e. The fraction of sp³-hybridized carbons (Fsp3) is 0.303. The van der Waals surface area contributed by atoms with Crippen molar-refractivity contribution < 1.29 is 22.7 Å². The number of allylic oxidation sites excluding steroid dienone is 4. The van der Waals surface area contributed by atoms with Crippen LogP contribution in [0.25, 0.3) is 10.7 Å². The zero-order valence-corrected chi connectivity index (χ0v) is 26.0. The van der Waals surface area contributed by atoms with Crippen LogP contribution in [0.3, 0.4) is 0 Å². The van der Waals surface area contributed by atoms with Crippen LogP contribution in [-0.4, -0.2) is 34.3 Å². The van der Waals surface area contributed by atoms with Crippen molar-refractivity contribution in [2.45, 2.75) is 56.3 Å². The van der Waals surface area contributed by atoms with Crippen molar-refractivity contribution in [1.29, 1.82) is 0 Å². The third kappa shape index (κ3) is 5.79. The Kier molecular flexibility index (Phi) is 7.89. The van der Waals surface area contributed by atoms with Gasteiger partial charge in [0, 0.05) is 22.8 Å². The highest BCUT2D eigenvalue weighted by Crippen LogP contribution is 2.47. The average Bonchev–Trinajstić information content (AvgIpc) is 3.54. The molecule has 1 unspecified atom stereocenters. The minimum Gasteiger partial charge on any atom is -0.476 e. The number of nitrogens with zero attached hydrogens (tertiary/aromatic N) is 3. The Balaban J connectivity index is 1.55. The lowest BCUT2D eigenvalue weighted by atomic mass is 9.66. The van der Waals surface area contributed by atoms with Gasteiger partial charge in [-0.25, -0.2) is 32.4 Å². The molecule has 2 aromatic carbocycles. The Hall–Kier alpha value is -3.93. The van der Waals surface area contributed by atoms with Gasteiger partial charge in [-0.05, 0) is 66.4 Å². The van der Waals surface area contributed by atoms with Gasteiger partial charge in [0.2, 0.25) is 15.2 Å². The second kappa shape index (κ2) is 11.5. The van der Waals surface area contributed by atoms with Gasteiger partial charge in [-0.1, -0.05) is 68.5 Å². The van der Waals surface area contributed by atoms with Gasteiger partial charge in [-0.3, -0.25) is 0 Å². The summed E-state index contributed by atoms with van der Waals surface area (Å²) in [5.74, 6) is -1.46. The largest absolute Gasteiger partial charge is 0.476 e. The van der Waals surface area contributed by atoms with Crippen LogP contribution in [0.4, 0.5) is 4.39 Å². The highest BCUT2D eigenvalue weighted by molar-refractivity contribution is 7.89. The molecule has 0 aliphatic heterocycles. The highest BCUT2D eigenvalue weighted by atomic mass is 32.2. The number of aromatic carboxylic acids is 1. The summed E-state index contributed by atoms with van der Waals surface area (Å²) in [7, 11) is -4.22. The Labute approximate surface area is 259 Å². The zero-order chi connectivity index (χ0) is 31.2. The first-order valence-corrected chi connectivity index (χ1v) is 16.9. The predicted octanol–water partition coefficient (Wildman–Crippen LogP) is 6.29. The maximum absolute atomic E-state index is 15.1. The van der Waals surface area contributed by atoms with Crippen molar-refractivity contribution in [3.8, 4) is 5.13 Å². The predicted molar refractivity (Wildman–Crippen MR) is 168 cm³/mol. The fourth-order valence-electron chi connectivity index (χ4n) is 6.01. The summed E-state index contributed by atoms with van der Waals surface area (Å²) in [5.41, 5.74) is 4.93. The maximum atomic E-state index is 15.1. The van der Waals surface area contributed by atoms with E-state index in [9.17, 15) is 18.3 Å². The number of rotatable bonds is 10. The van der Waals surface area contributed by atoms with Crippen LogP contribution in [0.1, 0.15) is 71.7 Å². The monoisotopic (exact) mass is 632 g/mol. The number of aromatic nitrogens is 3. The highest BCUT2D eigenvalue weighted by Gasteiger charge is 2.42. The van der Waals surface area contributed by atoms with Crippen LogP contribution in [0, 0.1) is 17.7 Å². The number of nitrogens with two attached hydrogens (primary N) is 1. The molecule has 2 heterocycles. The van der Waals surface area contributed by atoms with E-state index in [-0.39, 0.29) is 11.6 Å². The third-order valence-electron chi connectivity index (χ3n) is 8.63. The van der Waals surface area contributed by atoms with Crippen LogP contribution in [-0.2, 0) is 28.3 Å². The van der Waals surface area contributed by atoms with Gasteiger partial charge in [0.05, 0.1) is 11.4 Å². The van der Waals surface area contributed by atoms with Crippen molar-refractivity contribution in [3.05, 3.63) is 112 Å². The van der Waals surface area contributed by atoms with Gasteiger partial charge in [0.15, 0.2) is 5.69 Å². The average molecular weight is 633 g/mol. The smallest absolute Gasteiger partial charge is 0.355 e. The number of primary sulfonamides is 1. The van der Waals surface area contributed by atoms with E-state index in [0.29, 0.717) is 35.9 Å². The molecule has 0 spiro atoms. The number of hydrogen-bond donors (Lipinski definition) is 2. The quantitative estimate of drug-likeness (QED) is 0.211. The Morgan fingerprint density at radius 1 is 1.20 bits per heavy atom. The van der Waals surface area contributed by atoms with Crippen LogP contribution in [0.15, 0.2) is 77.0 Å². The topological polar surface area (TPSA) is 128 Å². The van der Waals surface area contributed by atoms with Gasteiger partial charge in [0.25, 0.3) is 0 Å². The molecule has 3 N–H and O–H groups in total. The zero-order valence-electron chi connectivity index (χ0n) is 24.4. The molecule has 1 saturated carbocycles. The Morgan fingerprint density at radius 3 is 2.57 bits per heavy atom. The summed E-state index contributed by atoms with van der Waals surface area (Å²) in [6.07, 6.45) is 10.2. The molecule has 1 fully saturated rings. The van der Waals surface area contributed by atoms with Crippen LogP contribution >= 0.6 is 11.3 Å². The van der Waals surface area contributed by atoms with Crippen molar-refractivity contribution in [2.24, 2.45) is 17.0 Å². The lowest BCUT2D eigenvalue weighted by Crippen LogP contribution is -2.33. The number of carboxylic acids is 1. The molecule has 0 radical (unpaired) electrons. The van der Waals surface area contributed by atoms with Crippen molar-refractivity contribution in [1.82, 2.24) is 14.8 Å². The van der Waals surface area contributed by atoms with E-state index in [1.807, 2.05) is 18.2 Å². The van der Waals surface area contributed by atoms with Gasteiger partial charge in [-0.15, -0.1) is 11.3 Å². The van der Waals surface area contributed by atoms with Gasteiger partial charge in [0.1, 0.15) is 10.7 Å². The summed E-state index contributed by atoms with van der Waals surface area (Å²) in [5, 5.41) is 22.0. The van der Waals surface area contributed by atoms with E-state index >= 15 is 4.39 Å². The Bertz CT molecular complexity index is 1910. The van der Waals surface area contributed by atoms with E-state index in [1.54, 1.807) is 10.7 Å². The summed E-state index contributed by atoms with van der Waals surface area (Å²) in [6.45, 7) is 4.32. The molecule has 2 aliphatic rings. The molecule has 0 amide bonds. The summed E-state index contributed by atoms with van der Waals surface area (Å²) >= 11 is 1.22. The molecule has 1 atom stereocenters. The van der Waals surface area contributed by atoms with Crippen LogP contribution < -0.4 is 5.14 Å². The van der Waals surface area contributed by atoms with E-state index < -0.39 is 32.1 Å². The molecule has 4 aromatic rings. The number of hydrogen-bond acceptors (Lipinski definition) is 6. The van der Waals surface area contributed by atoms with Gasteiger partial charge in [-0.2, -0.15) is 5.10 Å². The number of carboxylic acid groups (broad SMARTS) is 1. The summed E-state index contributed by atoms with van der Waals surface area (Å²) < 4.78 is 40.6. The van der Waals surface area contributed by atoms with Gasteiger partial charge < -0.3 is 5.11 Å². The molecule has 2 aliphatic carbocycles. The lowest BCUT2D eigenvalue weighted by molar-refractivity contribution is 0.0691. The summed E-state index contributed by atoms with van der Waals surface area (Å²) in [6, 6.07) is 14.2. The van der Waals surface area contributed by atoms with E-state index in [4.69, 9.17) is 10.2 Å². The summed E-state index contributed by atoms with van der Waals surface area (Å²) in [4.78, 5) is 15.6. The first-order chi connectivity index (χ1) is 21.0. The molecule has 228 valence electrons. The van der Waals surface area contributed by atoms with E-state index in [2.05, 4.69) is 49.2 Å². The molecule has 2 aromatic heterocycles. The number of carbonyl (C=O) groups is 1. The van der Waals surface area contributed by atoms with E-state index in [1.165, 1.54) is 28.8 Å². The molecular formula is C33H33FN4O4S2. The first kappa shape index (κ1) is 30.1. The molecule has 6 rings (SSSR count). The van der Waals surface area contributed by atoms with Crippen molar-refractivity contribution in [3.63, 3.8) is 0 Å². The van der Waals surface area contributed by atoms with Crippen molar-refractivity contribution >= 4 is 32.9 Å². The fourth-order valence-corrected chi connectivity index (χ4v) is 7.37. The molecular weight excluding hydrogens is 600 g/mol. The molecule has 0 bridgehead atoms. The molecule has 8 nitrogen and oxygen atoms in total. The van der Waals surface area contributed by atoms with Crippen molar-refractivity contribution in [2.75, 3.05) is 0 Å². The standard InChI is InChI=1S/C33H33FN4O4S2/c1-20(2)33(14-6-9-24(18-33)23-7-4-3-5-8-23)30-25(15-22-12-13-29(26(34)16-22)44(35,41)42)28(17-21-10-11-21)38(37-30)32-36-27(19-43-32)31(39)40/h3-9,12-14,16,19-21H,10-11,15,17-18H2,1-2H3,(H,39,40)(H2,35,41,42). The normalized spacial score (nSPS) is 18.5. The second-order valence-corrected chi connectivity index (χ2v) is 14.3. The number of halogens is 1. The SMILES string of the molecule is CC(C)C1(c2nn(-c3nc(C(=O)O)cs3)c(CC3CC3)c2Cc2ccc(S(N)(=O)=O)c(F)c2)C=CC=C(c2ccccc2)C1.